The standard InChI is InChI=1S/C11H11N5S2/c1-12-9-7-2-5-17-10(7)16-8(15-9)6-18-11-13-3-4-14-11/h2-5H,6H2,1H3,(H,13,14)(H,12,15,16). The zero-order chi connectivity index (χ0) is 12.4. The molecule has 0 atom stereocenters. The van der Waals surface area contributed by atoms with Gasteiger partial charge in [0.05, 0.1) is 11.1 Å². The SMILES string of the molecule is CNc1nc(CSc2ncc[nH]2)nc2sccc12. The summed E-state index contributed by atoms with van der Waals surface area (Å²) in [5.41, 5.74) is 0. The second-order valence-electron chi connectivity index (χ2n) is 3.56. The maximum atomic E-state index is 4.55. The molecular weight excluding hydrogens is 266 g/mol. The second kappa shape index (κ2) is 4.95. The summed E-state index contributed by atoms with van der Waals surface area (Å²) in [5, 5.41) is 7.11. The van der Waals surface area contributed by atoms with E-state index in [1.807, 2.05) is 24.7 Å². The third-order valence-electron chi connectivity index (χ3n) is 2.42. The van der Waals surface area contributed by atoms with Crippen molar-refractivity contribution in [3.8, 4) is 0 Å². The molecule has 0 fully saturated rings. The van der Waals surface area contributed by atoms with Gasteiger partial charge in [-0.1, -0.05) is 11.8 Å². The number of hydrogen-bond acceptors (Lipinski definition) is 6. The highest BCUT2D eigenvalue weighted by Gasteiger charge is 2.08. The van der Waals surface area contributed by atoms with E-state index in [0.29, 0.717) is 5.75 Å². The molecular formula is C11H11N5S2. The zero-order valence-electron chi connectivity index (χ0n) is 9.67. The molecule has 0 spiro atoms. The van der Waals surface area contributed by atoms with Crippen LogP contribution in [0, 0.1) is 0 Å². The number of rotatable bonds is 4. The molecule has 0 aromatic carbocycles. The van der Waals surface area contributed by atoms with Gasteiger partial charge in [0.2, 0.25) is 0 Å². The Morgan fingerprint density at radius 1 is 1.44 bits per heavy atom. The Hall–Kier alpha value is -1.60. The van der Waals surface area contributed by atoms with Crippen LogP contribution < -0.4 is 5.32 Å². The van der Waals surface area contributed by atoms with E-state index in [1.54, 1.807) is 29.3 Å². The highest BCUT2D eigenvalue weighted by Crippen LogP contribution is 2.26. The van der Waals surface area contributed by atoms with Gasteiger partial charge in [-0.3, -0.25) is 0 Å². The van der Waals surface area contributed by atoms with Gasteiger partial charge in [-0.05, 0) is 11.4 Å². The summed E-state index contributed by atoms with van der Waals surface area (Å²) in [5.74, 6) is 2.41. The van der Waals surface area contributed by atoms with Crippen LogP contribution in [0.2, 0.25) is 0 Å². The Labute approximate surface area is 112 Å². The van der Waals surface area contributed by atoms with E-state index < -0.39 is 0 Å². The number of aromatic amines is 1. The van der Waals surface area contributed by atoms with Crippen LogP contribution in [0.1, 0.15) is 5.82 Å². The third-order valence-corrected chi connectivity index (χ3v) is 4.13. The molecule has 18 heavy (non-hydrogen) atoms. The van der Waals surface area contributed by atoms with Crippen LogP contribution in [-0.2, 0) is 5.75 Å². The fraction of sp³-hybridized carbons (Fsp3) is 0.182. The number of thioether (sulfide) groups is 1. The number of nitrogens with one attached hydrogen (secondary N) is 2. The van der Waals surface area contributed by atoms with Gasteiger partial charge in [0.25, 0.3) is 0 Å². The van der Waals surface area contributed by atoms with Crippen molar-refractivity contribution in [1.29, 1.82) is 0 Å². The number of hydrogen-bond donors (Lipinski definition) is 2. The molecule has 0 aliphatic heterocycles. The molecule has 0 aliphatic rings. The Balaban J connectivity index is 1.87. The number of H-pyrrole nitrogens is 1. The molecule has 0 amide bonds. The van der Waals surface area contributed by atoms with Crippen molar-refractivity contribution in [3.63, 3.8) is 0 Å². The van der Waals surface area contributed by atoms with Crippen molar-refractivity contribution in [3.05, 3.63) is 29.7 Å². The summed E-state index contributed by atoms with van der Waals surface area (Å²) in [6.07, 6.45) is 3.55. The Bertz CT molecular complexity index is 647. The first-order valence-electron chi connectivity index (χ1n) is 5.41. The molecule has 7 heteroatoms. The van der Waals surface area contributed by atoms with E-state index in [9.17, 15) is 0 Å². The minimum absolute atomic E-state index is 0.704. The van der Waals surface area contributed by atoms with E-state index in [-0.39, 0.29) is 0 Å². The molecule has 3 heterocycles. The van der Waals surface area contributed by atoms with Gasteiger partial charge in [-0.25, -0.2) is 15.0 Å². The first kappa shape index (κ1) is 11.5. The summed E-state index contributed by atoms with van der Waals surface area (Å²) in [6.45, 7) is 0. The summed E-state index contributed by atoms with van der Waals surface area (Å²) in [7, 11) is 1.88. The van der Waals surface area contributed by atoms with Crippen LogP contribution in [-0.4, -0.2) is 27.0 Å². The van der Waals surface area contributed by atoms with Gasteiger partial charge in [0.1, 0.15) is 16.5 Å². The maximum Gasteiger partial charge on any atom is 0.165 e. The molecule has 0 saturated heterocycles. The monoisotopic (exact) mass is 277 g/mol. The van der Waals surface area contributed by atoms with Crippen LogP contribution in [0.3, 0.4) is 0 Å². The summed E-state index contributed by atoms with van der Waals surface area (Å²) < 4.78 is 0. The summed E-state index contributed by atoms with van der Waals surface area (Å²) in [4.78, 5) is 17.3. The van der Waals surface area contributed by atoms with Crippen LogP contribution in [0.15, 0.2) is 29.0 Å². The lowest BCUT2D eigenvalue weighted by Crippen LogP contribution is -1.99. The average Bonchev–Trinajstić information content (AvgIpc) is 3.06. The molecule has 0 bridgehead atoms. The Morgan fingerprint density at radius 3 is 3.17 bits per heavy atom. The quantitative estimate of drug-likeness (QED) is 0.718. The fourth-order valence-corrected chi connectivity index (χ4v) is 3.08. The van der Waals surface area contributed by atoms with Gasteiger partial charge in [0, 0.05) is 19.4 Å². The number of aromatic nitrogens is 4. The van der Waals surface area contributed by atoms with Crippen molar-refractivity contribution < 1.29 is 0 Å². The lowest BCUT2D eigenvalue weighted by Gasteiger charge is -2.04. The minimum atomic E-state index is 0.704. The lowest BCUT2D eigenvalue weighted by atomic mass is 10.4. The van der Waals surface area contributed by atoms with Crippen molar-refractivity contribution in [2.75, 3.05) is 12.4 Å². The lowest BCUT2D eigenvalue weighted by molar-refractivity contribution is 1.03. The van der Waals surface area contributed by atoms with E-state index in [4.69, 9.17) is 0 Å². The Kier molecular flexibility index (Phi) is 3.16. The van der Waals surface area contributed by atoms with Crippen molar-refractivity contribution in [2.24, 2.45) is 0 Å². The number of nitrogens with zero attached hydrogens (tertiary/aromatic N) is 3. The van der Waals surface area contributed by atoms with Gasteiger partial charge in [-0.15, -0.1) is 11.3 Å². The number of imidazole rings is 1. The molecule has 0 unspecified atom stereocenters. The van der Waals surface area contributed by atoms with Crippen molar-refractivity contribution in [1.82, 2.24) is 19.9 Å². The largest absolute Gasteiger partial charge is 0.372 e. The number of fused-ring (bicyclic) bond motifs is 1. The first-order valence-corrected chi connectivity index (χ1v) is 7.27. The molecule has 0 radical (unpaired) electrons. The van der Waals surface area contributed by atoms with E-state index in [1.165, 1.54) is 0 Å². The smallest absolute Gasteiger partial charge is 0.165 e. The molecule has 5 nitrogen and oxygen atoms in total. The van der Waals surface area contributed by atoms with Crippen molar-refractivity contribution in [2.45, 2.75) is 10.9 Å². The van der Waals surface area contributed by atoms with Gasteiger partial charge in [0.15, 0.2) is 5.16 Å². The zero-order valence-corrected chi connectivity index (χ0v) is 11.3. The molecule has 92 valence electrons. The fourth-order valence-electron chi connectivity index (χ4n) is 1.62. The summed E-state index contributed by atoms with van der Waals surface area (Å²) in [6, 6.07) is 2.04. The van der Waals surface area contributed by atoms with Crippen molar-refractivity contribution >= 4 is 39.1 Å². The maximum absolute atomic E-state index is 4.55. The average molecular weight is 277 g/mol. The molecule has 2 N–H and O–H groups in total. The normalized spacial score (nSPS) is 10.9. The molecule has 0 aliphatic carbocycles. The second-order valence-corrected chi connectivity index (χ2v) is 5.42. The topological polar surface area (TPSA) is 66.5 Å². The van der Waals surface area contributed by atoms with Gasteiger partial charge >= 0.3 is 0 Å². The molecule has 3 rings (SSSR count). The van der Waals surface area contributed by atoms with E-state index in [0.717, 1.165) is 27.0 Å². The van der Waals surface area contributed by atoms with Crippen LogP contribution in [0.5, 0.6) is 0 Å². The molecule has 3 aromatic rings. The summed E-state index contributed by atoms with van der Waals surface area (Å²) >= 11 is 3.23. The van der Waals surface area contributed by atoms with Gasteiger partial charge < -0.3 is 10.3 Å². The Morgan fingerprint density at radius 2 is 2.39 bits per heavy atom. The molecule has 3 aromatic heterocycles. The predicted octanol–water partition coefficient (Wildman–Crippen LogP) is 2.75. The van der Waals surface area contributed by atoms with Crippen LogP contribution in [0.25, 0.3) is 10.2 Å². The van der Waals surface area contributed by atoms with E-state index >= 15 is 0 Å². The first-order chi connectivity index (χ1) is 8.86. The number of anilines is 1. The van der Waals surface area contributed by atoms with E-state index in [2.05, 4.69) is 25.3 Å². The number of thiophene rings is 1. The van der Waals surface area contributed by atoms with Crippen LogP contribution in [0.4, 0.5) is 5.82 Å². The minimum Gasteiger partial charge on any atom is -0.372 e. The molecule has 0 saturated carbocycles. The predicted molar refractivity (Wildman–Crippen MR) is 75.1 cm³/mol. The van der Waals surface area contributed by atoms with Crippen LogP contribution >= 0.6 is 23.1 Å². The third kappa shape index (κ3) is 2.19. The highest BCUT2D eigenvalue weighted by atomic mass is 32.2. The highest BCUT2D eigenvalue weighted by molar-refractivity contribution is 7.98. The van der Waals surface area contributed by atoms with Gasteiger partial charge in [-0.2, -0.15) is 0 Å².